The molecule has 2 unspecified atom stereocenters. The normalized spacial score (nSPS) is 14.1. The fraction of sp³-hybridized carbons (Fsp3) is 0.481. The van der Waals surface area contributed by atoms with E-state index in [0.29, 0.717) is 35.4 Å². The number of aliphatic hydroxyl groups excluding tert-OH is 1. The van der Waals surface area contributed by atoms with Gasteiger partial charge in [-0.15, -0.1) is 0 Å². The molecule has 2 amide bonds. The topological polar surface area (TPSA) is 153 Å². The molecule has 0 bridgehead atoms. The fourth-order valence-corrected chi connectivity index (χ4v) is 5.16. The summed E-state index contributed by atoms with van der Waals surface area (Å²) in [5.41, 5.74) is 0.802. The number of aliphatic hydroxyl groups is 1. The Morgan fingerprint density at radius 1 is 1.07 bits per heavy atom. The van der Waals surface area contributed by atoms with Gasteiger partial charge in [-0.25, -0.2) is 13.2 Å². The van der Waals surface area contributed by atoms with Gasteiger partial charge in [0.05, 0.1) is 30.2 Å². The number of benzene rings is 2. The number of hydrogen-bond donors (Lipinski definition) is 3. The van der Waals surface area contributed by atoms with Gasteiger partial charge in [0.1, 0.15) is 5.75 Å². The Labute approximate surface area is 234 Å². The molecule has 1 heterocycles. The van der Waals surface area contributed by atoms with Crippen LogP contribution in [0.15, 0.2) is 47.4 Å². The van der Waals surface area contributed by atoms with Gasteiger partial charge in [-0.1, -0.05) is 26.0 Å². The lowest BCUT2D eigenvalue weighted by Gasteiger charge is -2.25. The Kier molecular flexibility index (Phi) is 11.0. The summed E-state index contributed by atoms with van der Waals surface area (Å²) in [6, 6.07) is 10.5. The first kappa shape index (κ1) is 31.0. The van der Waals surface area contributed by atoms with E-state index in [4.69, 9.17) is 19.0 Å². The van der Waals surface area contributed by atoms with E-state index in [0.717, 1.165) is 5.56 Å². The van der Waals surface area contributed by atoms with Gasteiger partial charge >= 0.3 is 6.09 Å². The van der Waals surface area contributed by atoms with Gasteiger partial charge in [0, 0.05) is 19.5 Å². The number of nitrogens with zero attached hydrogens (tertiary/aromatic N) is 1. The van der Waals surface area contributed by atoms with Crippen molar-refractivity contribution in [3.8, 4) is 17.2 Å². The first-order chi connectivity index (χ1) is 19.0. The molecule has 0 radical (unpaired) electrons. The minimum absolute atomic E-state index is 0.0109. The van der Waals surface area contributed by atoms with Crippen LogP contribution in [0.25, 0.3) is 0 Å². The van der Waals surface area contributed by atoms with Gasteiger partial charge < -0.3 is 34.8 Å². The Bertz CT molecular complexity index is 1250. The third-order valence-corrected chi connectivity index (χ3v) is 7.58. The molecule has 2 atom stereocenters. The zero-order chi connectivity index (χ0) is 29.3. The van der Waals surface area contributed by atoms with Crippen LogP contribution in [0.2, 0.25) is 0 Å². The van der Waals surface area contributed by atoms with Crippen LogP contribution in [0.3, 0.4) is 0 Å². The number of hydroxylamine groups is 1. The number of carbonyl (C=O) groups is 2. The van der Waals surface area contributed by atoms with Crippen molar-refractivity contribution in [2.45, 2.75) is 57.1 Å². The Hall–Kier alpha value is -3.55. The van der Waals surface area contributed by atoms with Gasteiger partial charge in [-0.05, 0) is 60.0 Å². The number of nitrogens with one attached hydrogen (secondary N) is 2. The summed E-state index contributed by atoms with van der Waals surface area (Å²) in [4.78, 5) is 29.3. The van der Waals surface area contributed by atoms with Crippen LogP contribution in [0.4, 0.5) is 4.79 Å². The summed E-state index contributed by atoms with van der Waals surface area (Å²) < 4.78 is 43.5. The second-order valence-electron chi connectivity index (χ2n) is 9.74. The average molecular weight is 580 g/mol. The number of carbonyl (C=O) groups excluding carboxylic acids is 2. The summed E-state index contributed by atoms with van der Waals surface area (Å²) in [5.74, 6) is 1.12. The molecule has 1 aliphatic rings. The lowest BCUT2D eigenvalue weighted by Crippen LogP contribution is -2.47. The standard InChI is InChI=1S/C27H37N3O9S/c1-18(2)16-30(40(34,35)22-11-12-24-25(15-22)38-17-37-24)39-27(33)29-23(19(3)31)14-20-7-9-21(10-8-20)36-13-5-6-26(32)28-4/h7-12,15,18-19,23,31H,5-6,13-14,16-17H2,1-4H3,(H,28,32)(H,29,33). The lowest BCUT2D eigenvalue weighted by atomic mass is 10.0. The molecule has 220 valence electrons. The summed E-state index contributed by atoms with van der Waals surface area (Å²) in [6.07, 6.45) is -0.776. The maximum absolute atomic E-state index is 13.3. The zero-order valence-corrected chi connectivity index (χ0v) is 23.9. The molecule has 0 spiro atoms. The molecule has 0 aromatic heterocycles. The van der Waals surface area contributed by atoms with Crippen molar-refractivity contribution in [1.29, 1.82) is 0 Å². The van der Waals surface area contributed by atoms with Gasteiger partial charge in [0.25, 0.3) is 10.0 Å². The quantitative estimate of drug-likeness (QED) is 0.226. The van der Waals surface area contributed by atoms with Crippen LogP contribution in [0, 0.1) is 5.92 Å². The van der Waals surface area contributed by atoms with Crippen LogP contribution in [-0.4, -0.2) is 69.1 Å². The van der Waals surface area contributed by atoms with Crippen LogP contribution in [-0.2, 0) is 26.1 Å². The van der Waals surface area contributed by atoms with Crippen molar-refractivity contribution >= 4 is 22.0 Å². The Balaban J connectivity index is 1.62. The number of amides is 2. The molecule has 40 heavy (non-hydrogen) atoms. The van der Waals surface area contributed by atoms with E-state index in [2.05, 4.69) is 10.6 Å². The van der Waals surface area contributed by atoms with E-state index in [9.17, 15) is 23.1 Å². The number of hydrogen-bond acceptors (Lipinski definition) is 9. The molecule has 1 aliphatic heterocycles. The lowest BCUT2D eigenvalue weighted by molar-refractivity contribution is -0.120. The van der Waals surface area contributed by atoms with Crippen LogP contribution < -0.4 is 24.8 Å². The van der Waals surface area contributed by atoms with E-state index in [1.54, 1.807) is 45.2 Å². The van der Waals surface area contributed by atoms with Crippen LogP contribution in [0.1, 0.15) is 39.2 Å². The third-order valence-electron chi connectivity index (χ3n) is 5.97. The highest BCUT2D eigenvalue weighted by atomic mass is 32.2. The number of sulfonamides is 1. The number of ether oxygens (including phenoxy) is 3. The largest absolute Gasteiger partial charge is 0.494 e. The second kappa shape index (κ2) is 14.2. The third kappa shape index (κ3) is 8.73. The summed E-state index contributed by atoms with van der Waals surface area (Å²) in [5, 5.41) is 15.4. The predicted molar refractivity (Wildman–Crippen MR) is 145 cm³/mol. The highest BCUT2D eigenvalue weighted by molar-refractivity contribution is 7.89. The molecule has 3 rings (SSSR count). The van der Waals surface area contributed by atoms with Crippen molar-refractivity contribution in [2.75, 3.05) is 27.0 Å². The first-order valence-corrected chi connectivity index (χ1v) is 14.4. The smallest absolute Gasteiger partial charge is 0.427 e. The average Bonchev–Trinajstić information content (AvgIpc) is 3.39. The molecule has 3 N–H and O–H groups in total. The van der Waals surface area contributed by atoms with Gasteiger partial charge in [-0.2, -0.15) is 0 Å². The van der Waals surface area contributed by atoms with Gasteiger partial charge in [0.15, 0.2) is 11.5 Å². The maximum atomic E-state index is 13.3. The molecule has 13 heteroatoms. The zero-order valence-electron chi connectivity index (χ0n) is 23.1. The SMILES string of the molecule is CNC(=O)CCCOc1ccc(CC(NC(=O)ON(CC(C)C)S(=O)(=O)c2ccc3c(c2)OCO3)C(C)O)cc1. The fourth-order valence-electron chi connectivity index (χ4n) is 3.77. The van der Waals surface area contributed by atoms with E-state index in [1.807, 2.05) is 0 Å². The Morgan fingerprint density at radius 2 is 1.77 bits per heavy atom. The molecule has 2 aromatic carbocycles. The van der Waals surface area contributed by atoms with E-state index in [1.165, 1.54) is 25.1 Å². The number of fused-ring (bicyclic) bond motifs is 1. The molecule has 12 nitrogen and oxygen atoms in total. The highest BCUT2D eigenvalue weighted by Crippen LogP contribution is 2.34. The molecule has 2 aromatic rings. The minimum Gasteiger partial charge on any atom is -0.494 e. The van der Waals surface area contributed by atoms with Crippen molar-refractivity contribution in [3.63, 3.8) is 0 Å². The molecular weight excluding hydrogens is 542 g/mol. The van der Waals surface area contributed by atoms with E-state index in [-0.39, 0.29) is 42.2 Å². The molecule has 0 fully saturated rings. The van der Waals surface area contributed by atoms with Crippen molar-refractivity contribution in [3.05, 3.63) is 48.0 Å². The summed E-state index contributed by atoms with van der Waals surface area (Å²) >= 11 is 0. The van der Waals surface area contributed by atoms with E-state index >= 15 is 0 Å². The van der Waals surface area contributed by atoms with Crippen molar-refractivity contribution in [1.82, 2.24) is 15.1 Å². The molecule has 0 saturated heterocycles. The Morgan fingerprint density at radius 3 is 2.42 bits per heavy atom. The van der Waals surface area contributed by atoms with Crippen molar-refractivity contribution < 1.29 is 42.2 Å². The predicted octanol–water partition coefficient (Wildman–Crippen LogP) is 2.60. The van der Waals surface area contributed by atoms with E-state index < -0.39 is 28.3 Å². The molecular formula is C27H37N3O9S. The monoisotopic (exact) mass is 579 g/mol. The highest BCUT2D eigenvalue weighted by Gasteiger charge is 2.32. The van der Waals surface area contributed by atoms with Crippen molar-refractivity contribution in [2.24, 2.45) is 5.92 Å². The molecule has 0 aliphatic carbocycles. The summed E-state index contributed by atoms with van der Waals surface area (Å²) in [6.45, 7) is 5.38. The summed E-state index contributed by atoms with van der Waals surface area (Å²) in [7, 11) is -2.65. The number of rotatable bonds is 14. The van der Waals surface area contributed by atoms with Crippen LogP contribution in [0.5, 0.6) is 17.2 Å². The maximum Gasteiger partial charge on any atom is 0.427 e. The first-order valence-electron chi connectivity index (χ1n) is 13.0. The molecule has 0 saturated carbocycles. The van der Waals surface area contributed by atoms with Gasteiger partial charge in [-0.3, -0.25) is 4.79 Å². The minimum atomic E-state index is -4.23. The van der Waals surface area contributed by atoms with Crippen LogP contribution >= 0.6 is 0 Å². The van der Waals surface area contributed by atoms with Gasteiger partial charge in [0.2, 0.25) is 12.7 Å². The second-order valence-corrected chi connectivity index (χ2v) is 11.6.